The van der Waals surface area contributed by atoms with Gasteiger partial charge in [-0.05, 0) is 104 Å². The van der Waals surface area contributed by atoms with Crippen LogP contribution in [0.25, 0.3) is 0 Å². The van der Waals surface area contributed by atoms with Crippen LogP contribution in [-0.2, 0) is 4.79 Å². The topological polar surface area (TPSA) is 29.1 Å². The van der Waals surface area contributed by atoms with Crippen LogP contribution in [0.1, 0.15) is 111 Å². The standard InChI is InChI=1S/C31H54N2O/c1-23(10-15-29(34)32-19-22-33(4)20-7-8-21-33)26-13-14-27-25-12-11-24-9-5-6-17-30(24,2)28(25)16-18-31(26,27)3/h23-28H,5-22H2,1-4H3/p+1/t23-,24?,25+,26-,27+,28+,30+,31-/m1/s1. The van der Waals surface area contributed by atoms with E-state index in [9.17, 15) is 4.79 Å². The number of fused-ring (bicyclic) bond motifs is 5. The molecular formula is C31H55N2O+. The van der Waals surface area contributed by atoms with E-state index in [0.717, 1.165) is 60.0 Å². The van der Waals surface area contributed by atoms with E-state index in [2.05, 4.69) is 33.1 Å². The van der Waals surface area contributed by atoms with Crippen molar-refractivity contribution in [3.05, 3.63) is 0 Å². The molecule has 0 aromatic carbocycles. The van der Waals surface area contributed by atoms with E-state index in [4.69, 9.17) is 0 Å². The molecule has 0 bridgehead atoms. The van der Waals surface area contributed by atoms with Crippen molar-refractivity contribution in [1.82, 2.24) is 5.32 Å². The van der Waals surface area contributed by atoms with E-state index in [0.29, 0.717) is 22.7 Å². The molecule has 4 saturated carbocycles. The molecule has 194 valence electrons. The molecule has 1 saturated heterocycles. The quantitative estimate of drug-likeness (QED) is 0.406. The molecule has 1 N–H and O–H groups in total. The number of likely N-dealkylation sites (tertiary alicyclic amines) is 1. The Labute approximate surface area is 210 Å². The van der Waals surface area contributed by atoms with Gasteiger partial charge in [0.05, 0.1) is 33.2 Å². The van der Waals surface area contributed by atoms with Crippen LogP contribution in [-0.4, -0.2) is 43.6 Å². The molecule has 3 heteroatoms. The van der Waals surface area contributed by atoms with E-state index in [1.165, 1.54) is 90.1 Å². The lowest BCUT2D eigenvalue weighted by molar-refractivity contribution is -0.896. The van der Waals surface area contributed by atoms with Crippen molar-refractivity contribution in [2.75, 3.05) is 33.2 Å². The highest BCUT2D eigenvalue weighted by atomic mass is 16.1. The minimum Gasteiger partial charge on any atom is -0.350 e. The molecule has 1 heterocycles. The average Bonchev–Trinajstić information content (AvgIpc) is 3.40. The zero-order valence-corrected chi connectivity index (χ0v) is 23.0. The van der Waals surface area contributed by atoms with Gasteiger partial charge in [-0.25, -0.2) is 0 Å². The van der Waals surface area contributed by atoms with Crippen LogP contribution in [0, 0.1) is 46.3 Å². The Bertz CT molecular complexity index is 729. The molecule has 34 heavy (non-hydrogen) atoms. The van der Waals surface area contributed by atoms with E-state index in [1.807, 2.05) is 0 Å². The molecule has 0 radical (unpaired) electrons. The molecule has 1 amide bonds. The highest BCUT2D eigenvalue weighted by Crippen LogP contribution is 2.68. The first-order chi connectivity index (χ1) is 16.3. The van der Waals surface area contributed by atoms with Gasteiger partial charge < -0.3 is 9.80 Å². The van der Waals surface area contributed by atoms with Gasteiger partial charge in [-0.3, -0.25) is 4.79 Å². The van der Waals surface area contributed by atoms with E-state index < -0.39 is 0 Å². The normalized spacial score (nSPS) is 44.1. The molecule has 4 aliphatic carbocycles. The summed E-state index contributed by atoms with van der Waals surface area (Å²) in [6, 6.07) is 0. The van der Waals surface area contributed by atoms with Crippen LogP contribution >= 0.6 is 0 Å². The largest absolute Gasteiger partial charge is 0.350 e. The molecule has 0 aromatic heterocycles. The Morgan fingerprint density at radius 2 is 1.68 bits per heavy atom. The lowest BCUT2D eigenvalue weighted by Crippen LogP contribution is -2.53. The third-order valence-electron chi connectivity index (χ3n) is 12.8. The number of nitrogens with one attached hydrogen (secondary N) is 1. The van der Waals surface area contributed by atoms with Gasteiger partial charge in [-0.2, -0.15) is 0 Å². The summed E-state index contributed by atoms with van der Waals surface area (Å²) in [5.74, 6) is 5.79. The molecule has 0 aromatic rings. The highest BCUT2D eigenvalue weighted by molar-refractivity contribution is 5.75. The lowest BCUT2D eigenvalue weighted by Gasteiger charge is -2.61. The number of carbonyl (C=O) groups is 1. The summed E-state index contributed by atoms with van der Waals surface area (Å²) >= 11 is 0. The smallest absolute Gasteiger partial charge is 0.220 e. The zero-order chi connectivity index (χ0) is 24.0. The maximum atomic E-state index is 12.6. The van der Waals surface area contributed by atoms with Gasteiger partial charge in [0.1, 0.15) is 0 Å². The van der Waals surface area contributed by atoms with Gasteiger partial charge in [-0.15, -0.1) is 0 Å². The van der Waals surface area contributed by atoms with Crippen molar-refractivity contribution in [3.63, 3.8) is 0 Å². The highest BCUT2D eigenvalue weighted by Gasteiger charge is 2.60. The van der Waals surface area contributed by atoms with Crippen LogP contribution in [0.15, 0.2) is 0 Å². The average molecular weight is 472 g/mol. The summed E-state index contributed by atoms with van der Waals surface area (Å²) < 4.78 is 1.15. The Kier molecular flexibility index (Phi) is 7.17. The predicted octanol–water partition coefficient (Wildman–Crippen LogP) is 6.81. The first-order valence-electron chi connectivity index (χ1n) is 15.4. The first-order valence-corrected chi connectivity index (χ1v) is 15.4. The fourth-order valence-corrected chi connectivity index (χ4v) is 10.7. The SMILES string of the molecule is C[C@H](CCC(=O)NCC[N+]1(C)CCCC1)[C@H]1CC[C@H]2[C@@H]3CCC4CCCC[C@]4(C)[C@H]3CC[C@]12C. The molecule has 1 unspecified atom stereocenters. The number of rotatable bonds is 7. The summed E-state index contributed by atoms with van der Waals surface area (Å²) in [7, 11) is 2.36. The number of likely N-dealkylation sites (N-methyl/N-ethyl adjacent to an activating group) is 1. The third kappa shape index (κ3) is 4.50. The molecule has 1 aliphatic heterocycles. The van der Waals surface area contributed by atoms with Crippen LogP contribution in [0.3, 0.4) is 0 Å². The monoisotopic (exact) mass is 471 g/mol. The van der Waals surface area contributed by atoms with Gasteiger partial charge in [0, 0.05) is 19.3 Å². The second kappa shape index (κ2) is 9.71. The summed E-state index contributed by atoms with van der Waals surface area (Å²) in [6.07, 6.45) is 19.4. The minimum absolute atomic E-state index is 0.296. The number of hydrogen-bond acceptors (Lipinski definition) is 1. The summed E-state index contributed by atoms with van der Waals surface area (Å²) in [5, 5.41) is 3.26. The maximum Gasteiger partial charge on any atom is 0.220 e. The van der Waals surface area contributed by atoms with Crippen molar-refractivity contribution in [1.29, 1.82) is 0 Å². The van der Waals surface area contributed by atoms with Gasteiger partial charge in [0.25, 0.3) is 0 Å². The molecular weight excluding hydrogens is 416 g/mol. The van der Waals surface area contributed by atoms with Crippen molar-refractivity contribution in [2.24, 2.45) is 46.3 Å². The third-order valence-corrected chi connectivity index (χ3v) is 12.8. The van der Waals surface area contributed by atoms with E-state index >= 15 is 0 Å². The fraction of sp³-hybridized carbons (Fsp3) is 0.968. The van der Waals surface area contributed by atoms with Crippen molar-refractivity contribution in [3.8, 4) is 0 Å². The van der Waals surface area contributed by atoms with Crippen molar-refractivity contribution in [2.45, 2.75) is 111 Å². The van der Waals surface area contributed by atoms with Crippen LogP contribution in [0.5, 0.6) is 0 Å². The molecule has 3 nitrogen and oxygen atoms in total. The number of amides is 1. The summed E-state index contributed by atoms with van der Waals surface area (Å²) in [6.45, 7) is 12.4. The fourth-order valence-electron chi connectivity index (χ4n) is 10.7. The Morgan fingerprint density at radius 1 is 0.912 bits per heavy atom. The van der Waals surface area contributed by atoms with Crippen LogP contribution < -0.4 is 5.32 Å². The second-order valence-electron chi connectivity index (χ2n) is 14.5. The molecule has 5 aliphatic rings. The van der Waals surface area contributed by atoms with Crippen LogP contribution in [0.4, 0.5) is 0 Å². The summed E-state index contributed by atoms with van der Waals surface area (Å²) in [4.78, 5) is 12.6. The van der Waals surface area contributed by atoms with Crippen molar-refractivity contribution >= 4 is 5.91 Å². The summed E-state index contributed by atoms with van der Waals surface area (Å²) in [5.41, 5.74) is 1.18. The number of carbonyl (C=O) groups excluding carboxylic acids is 1. The second-order valence-corrected chi connectivity index (χ2v) is 14.5. The Morgan fingerprint density at radius 3 is 2.47 bits per heavy atom. The Balaban J connectivity index is 1.14. The van der Waals surface area contributed by atoms with Gasteiger partial charge in [0.2, 0.25) is 5.91 Å². The van der Waals surface area contributed by atoms with Gasteiger partial charge in [0.15, 0.2) is 0 Å². The van der Waals surface area contributed by atoms with E-state index in [1.54, 1.807) is 0 Å². The molecule has 5 fully saturated rings. The zero-order valence-electron chi connectivity index (χ0n) is 23.0. The Hall–Kier alpha value is -0.570. The number of hydrogen-bond donors (Lipinski definition) is 1. The number of nitrogens with zero attached hydrogens (tertiary/aromatic N) is 1. The van der Waals surface area contributed by atoms with E-state index in [-0.39, 0.29) is 0 Å². The van der Waals surface area contributed by atoms with Gasteiger partial charge in [-0.1, -0.05) is 33.6 Å². The molecule has 8 atom stereocenters. The van der Waals surface area contributed by atoms with Gasteiger partial charge >= 0.3 is 0 Å². The molecule has 0 spiro atoms. The maximum absolute atomic E-state index is 12.6. The lowest BCUT2D eigenvalue weighted by atomic mass is 9.44. The number of quaternary nitrogens is 1. The van der Waals surface area contributed by atoms with Crippen molar-refractivity contribution < 1.29 is 9.28 Å². The first kappa shape index (κ1) is 25.1. The molecule has 5 rings (SSSR count). The predicted molar refractivity (Wildman–Crippen MR) is 141 cm³/mol. The minimum atomic E-state index is 0.296. The van der Waals surface area contributed by atoms with Crippen LogP contribution in [0.2, 0.25) is 0 Å².